The molecular formula is C13H20N2O3. The minimum atomic E-state index is -0.306. The van der Waals surface area contributed by atoms with Crippen LogP contribution in [0, 0.1) is 5.92 Å². The third-order valence-electron chi connectivity index (χ3n) is 4.27. The molecule has 2 saturated heterocycles. The first kappa shape index (κ1) is 12.0. The summed E-state index contributed by atoms with van der Waals surface area (Å²) < 4.78 is 5.79. The van der Waals surface area contributed by atoms with Gasteiger partial charge < -0.3 is 15.0 Å². The molecule has 2 aliphatic heterocycles. The lowest BCUT2D eigenvalue weighted by molar-refractivity contribution is -0.150. The van der Waals surface area contributed by atoms with Gasteiger partial charge >= 0.3 is 0 Å². The maximum atomic E-state index is 12.1. The first-order chi connectivity index (χ1) is 8.72. The van der Waals surface area contributed by atoms with Gasteiger partial charge in [-0.3, -0.25) is 9.59 Å². The molecule has 2 heterocycles. The first-order valence-electron chi connectivity index (χ1n) is 6.93. The van der Waals surface area contributed by atoms with Gasteiger partial charge in [-0.05, 0) is 31.6 Å². The number of hydrogen-bond acceptors (Lipinski definition) is 3. The van der Waals surface area contributed by atoms with Crippen molar-refractivity contribution in [1.82, 2.24) is 10.2 Å². The van der Waals surface area contributed by atoms with E-state index in [9.17, 15) is 9.59 Å². The predicted octanol–water partition coefficient (Wildman–Crippen LogP) is 0.291. The van der Waals surface area contributed by atoms with Crippen LogP contribution < -0.4 is 5.32 Å². The highest BCUT2D eigenvalue weighted by Gasteiger charge is 2.48. The maximum absolute atomic E-state index is 12.1. The van der Waals surface area contributed by atoms with Gasteiger partial charge in [-0.1, -0.05) is 6.92 Å². The second-order valence-corrected chi connectivity index (χ2v) is 5.47. The summed E-state index contributed by atoms with van der Waals surface area (Å²) >= 11 is 0. The molecule has 0 spiro atoms. The van der Waals surface area contributed by atoms with E-state index in [1.807, 2.05) is 11.8 Å². The third kappa shape index (κ3) is 1.90. The molecule has 5 nitrogen and oxygen atoms in total. The van der Waals surface area contributed by atoms with Gasteiger partial charge in [0, 0.05) is 6.61 Å². The Morgan fingerprint density at radius 3 is 2.78 bits per heavy atom. The molecule has 3 rings (SSSR count). The molecule has 1 saturated carbocycles. The van der Waals surface area contributed by atoms with E-state index in [-0.39, 0.29) is 36.5 Å². The van der Waals surface area contributed by atoms with E-state index in [4.69, 9.17) is 4.74 Å². The highest BCUT2D eigenvalue weighted by Crippen LogP contribution is 2.41. The van der Waals surface area contributed by atoms with E-state index in [0.29, 0.717) is 18.9 Å². The largest absolute Gasteiger partial charge is 0.376 e. The average molecular weight is 252 g/mol. The monoisotopic (exact) mass is 252 g/mol. The Balaban J connectivity index is 1.82. The van der Waals surface area contributed by atoms with Crippen molar-refractivity contribution in [3.8, 4) is 0 Å². The summed E-state index contributed by atoms with van der Waals surface area (Å²) in [5.41, 5.74) is 0. The van der Waals surface area contributed by atoms with E-state index in [1.165, 1.54) is 12.8 Å². The molecule has 1 aliphatic carbocycles. The molecule has 2 amide bonds. The molecule has 3 atom stereocenters. The Morgan fingerprint density at radius 2 is 2.11 bits per heavy atom. The van der Waals surface area contributed by atoms with Crippen molar-refractivity contribution in [1.29, 1.82) is 0 Å². The lowest BCUT2D eigenvalue weighted by Gasteiger charge is -2.40. The SMILES string of the molecule is CCC1C(=O)NCC(=O)N1C1CCOC1C1CC1. The Morgan fingerprint density at radius 1 is 1.33 bits per heavy atom. The molecule has 1 N–H and O–H groups in total. The molecule has 0 aromatic heterocycles. The van der Waals surface area contributed by atoms with Gasteiger partial charge in [0.1, 0.15) is 6.04 Å². The van der Waals surface area contributed by atoms with Gasteiger partial charge in [0.25, 0.3) is 0 Å². The number of ether oxygens (including phenoxy) is 1. The summed E-state index contributed by atoms with van der Waals surface area (Å²) in [6, 6.07) is -0.194. The van der Waals surface area contributed by atoms with Crippen LogP contribution in [0.25, 0.3) is 0 Å². The van der Waals surface area contributed by atoms with E-state index >= 15 is 0 Å². The molecule has 0 aromatic rings. The molecule has 3 unspecified atom stereocenters. The molecule has 100 valence electrons. The number of piperazine rings is 1. The molecule has 0 bridgehead atoms. The number of nitrogens with one attached hydrogen (secondary N) is 1. The highest BCUT2D eigenvalue weighted by atomic mass is 16.5. The minimum Gasteiger partial charge on any atom is -0.376 e. The second kappa shape index (κ2) is 4.53. The van der Waals surface area contributed by atoms with Crippen LogP contribution in [0.3, 0.4) is 0 Å². The summed E-state index contributed by atoms with van der Waals surface area (Å²) in [7, 11) is 0. The van der Waals surface area contributed by atoms with Crippen LogP contribution in [0.5, 0.6) is 0 Å². The van der Waals surface area contributed by atoms with Crippen molar-refractivity contribution in [2.24, 2.45) is 5.92 Å². The zero-order chi connectivity index (χ0) is 12.7. The quantitative estimate of drug-likeness (QED) is 0.785. The lowest BCUT2D eigenvalue weighted by atomic mass is 9.99. The molecule has 3 fully saturated rings. The van der Waals surface area contributed by atoms with Crippen LogP contribution in [-0.2, 0) is 14.3 Å². The van der Waals surface area contributed by atoms with Crippen LogP contribution >= 0.6 is 0 Å². The van der Waals surface area contributed by atoms with Gasteiger partial charge in [0.2, 0.25) is 11.8 Å². The first-order valence-corrected chi connectivity index (χ1v) is 6.93. The molecule has 0 radical (unpaired) electrons. The smallest absolute Gasteiger partial charge is 0.243 e. The predicted molar refractivity (Wildman–Crippen MR) is 64.8 cm³/mol. The van der Waals surface area contributed by atoms with Crippen molar-refractivity contribution >= 4 is 11.8 Å². The zero-order valence-electron chi connectivity index (χ0n) is 10.7. The molecular weight excluding hydrogens is 232 g/mol. The topological polar surface area (TPSA) is 58.6 Å². The molecule has 5 heteroatoms. The second-order valence-electron chi connectivity index (χ2n) is 5.47. The van der Waals surface area contributed by atoms with Crippen LogP contribution in [0.4, 0.5) is 0 Å². The maximum Gasteiger partial charge on any atom is 0.243 e. The Kier molecular flexibility index (Phi) is 3.01. The van der Waals surface area contributed by atoms with Gasteiger partial charge in [-0.25, -0.2) is 0 Å². The van der Waals surface area contributed by atoms with Crippen molar-refractivity contribution < 1.29 is 14.3 Å². The van der Waals surface area contributed by atoms with Crippen LogP contribution in [0.15, 0.2) is 0 Å². The fourth-order valence-electron chi connectivity index (χ4n) is 3.24. The summed E-state index contributed by atoms with van der Waals surface area (Å²) in [5, 5.41) is 2.67. The number of nitrogens with zero attached hydrogens (tertiary/aromatic N) is 1. The molecule has 18 heavy (non-hydrogen) atoms. The summed E-state index contributed by atoms with van der Waals surface area (Å²) in [4.78, 5) is 25.8. The normalized spacial score (nSPS) is 36.9. The average Bonchev–Trinajstić information content (AvgIpc) is 3.10. The van der Waals surface area contributed by atoms with Crippen molar-refractivity contribution in [3.05, 3.63) is 0 Å². The Bertz CT molecular complexity index is 367. The number of amides is 2. The van der Waals surface area contributed by atoms with E-state index < -0.39 is 0 Å². The lowest BCUT2D eigenvalue weighted by Crippen LogP contribution is -2.62. The number of hydrogen-bond donors (Lipinski definition) is 1. The number of carbonyl (C=O) groups is 2. The number of rotatable bonds is 3. The van der Waals surface area contributed by atoms with Crippen LogP contribution in [0.2, 0.25) is 0 Å². The standard InChI is InChI=1S/C13H20N2O3/c1-2-9-13(17)14-7-11(16)15(9)10-5-6-18-12(10)8-3-4-8/h8-10,12H,2-7H2,1H3,(H,14,17). The summed E-state index contributed by atoms with van der Waals surface area (Å²) in [6.07, 6.45) is 4.11. The van der Waals surface area contributed by atoms with Gasteiger partial charge in [-0.2, -0.15) is 0 Å². The fourth-order valence-corrected chi connectivity index (χ4v) is 3.24. The van der Waals surface area contributed by atoms with Crippen molar-refractivity contribution in [2.75, 3.05) is 13.2 Å². The van der Waals surface area contributed by atoms with E-state index in [2.05, 4.69) is 5.32 Å². The highest BCUT2D eigenvalue weighted by molar-refractivity contribution is 5.95. The van der Waals surface area contributed by atoms with Crippen LogP contribution in [-0.4, -0.2) is 48.1 Å². The van der Waals surface area contributed by atoms with E-state index in [1.54, 1.807) is 0 Å². The molecule has 0 aromatic carbocycles. The summed E-state index contributed by atoms with van der Waals surface area (Å²) in [6.45, 7) is 2.81. The van der Waals surface area contributed by atoms with Crippen molar-refractivity contribution in [3.63, 3.8) is 0 Å². The number of carbonyl (C=O) groups excluding carboxylic acids is 2. The zero-order valence-corrected chi connectivity index (χ0v) is 10.7. The minimum absolute atomic E-state index is 0.0152. The van der Waals surface area contributed by atoms with Crippen molar-refractivity contribution in [2.45, 2.75) is 50.8 Å². The van der Waals surface area contributed by atoms with E-state index in [0.717, 1.165) is 6.42 Å². The van der Waals surface area contributed by atoms with Crippen LogP contribution in [0.1, 0.15) is 32.6 Å². The Hall–Kier alpha value is -1.10. The summed E-state index contributed by atoms with van der Waals surface area (Å²) in [5.74, 6) is 0.633. The van der Waals surface area contributed by atoms with Gasteiger partial charge in [0.05, 0.1) is 18.7 Å². The third-order valence-corrected chi connectivity index (χ3v) is 4.27. The van der Waals surface area contributed by atoms with Gasteiger partial charge in [0.15, 0.2) is 0 Å². The fraction of sp³-hybridized carbons (Fsp3) is 0.846. The molecule has 3 aliphatic rings. The Labute approximate surface area is 107 Å². The van der Waals surface area contributed by atoms with Gasteiger partial charge in [-0.15, -0.1) is 0 Å².